The minimum absolute atomic E-state index is 0.307. The molecule has 1 unspecified atom stereocenters. The van der Waals surface area contributed by atoms with E-state index >= 15 is 0 Å². The fourth-order valence-electron chi connectivity index (χ4n) is 4.96. The van der Waals surface area contributed by atoms with Gasteiger partial charge in [-0.25, -0.2) is 4.68 Å². The van der Waals surface area contributed by atoms with Crippen LogP contribution in [0.5, 0.6) is 0 Å². The maximum atomic E-state index is 12.4. The fourth-order valence-corrected chi connectivity index (χ4v) is 4.96. The normalized spacial score (nSPS) is 20.5. The number of hydrogen-bond donors (Lipinski definition) is 1. The van der Waals surface area contributed by atoms with Crippen LogP contribution in [0.15, 0.2) is 41.7 Å². The van der Waals surface area contributed by atoms with Gasteiger partial charge in [0.15, 0.2) is 6.29 Å². The number of nitrogens with one attached hydrogen (secondary N) is 1. The molecule has 0 amide bonds. The van der Waals surface area contributed by atoms with E-state index in [1.54, 1.807) is 6.92 Å². The van der Waals surface area contributed by atoms with Gasteiger partial charge in [0.05, 0.1) is 47.5 Å². The van der Waals surface area contributed by atoms with E-state index in [-0.39, 0.29) is 6.54 Å². The molecular formula is C28H35F3N6O2. The number of carbonyl (C=O) groups excluding carboxylic acids is 1. The first-order chi connectivity index (χ1) is 18.7. The highest BCUT2D eigenvalue weighted by Crippen LogP contribution is 2.29. The van der Waals surface area contributed by atoms with E-state index < -0.39 is 12.1 Å². The Bertz CT molecular complexity index is 1240. The molecule has 0 bridgehead atoms. The predicted octanol–water partition coefficient (Wildman–Crippen LogP) is 4.70. The molecule has 210 valence electrons. The molecule has 2 aromatic heterocycles. The van der Waals surface area contributed by atoms with Crippen LogP contribution in [0, 0.1) is 19.8 Å². The summed E-state index contributed by atoms with van der Waals surface area (Å²) in [7, 11) is 1.93. The average Bonchev–Trinajstić information content (AvgIpc) is 3.33. The summed E-state index contributed by atoms with van der Waals surface area (Å²) in [4.78, 5) is 21.7. The van der Waals surface area contributed by atoms with Crippen molar-refractivity contribution in [1.29, 1.82) is 0 Å². The zero-order valence-corrected chi connectivity index (χ0v) is 22.5. The number of carbonyl (C=O) groups is 1. The number of rotatable bonds is 4. The summed E-state index contributed by atoms with van der Waals surface area (Å²) in [5.74, 6) is -1.25. The second-order valence-electron chi connectivity index (χ2n) is 9.88. The summed E-state index contributed by atoms with van der Waals surface area (Å²) in [6.07, 6.45) is 7.80. The molecule has 0 spiro atoms. The Kier molecular flexibility index (Phi) is 9.34. The summed E-state index contributed by atoms with van der Waals surface area (Å²) in [5, 5.41) is 7.07. The van der Waals surface area contributed by atoms with Crippen LogP contribution in [-0.4, -0.2) is 83.9 Å². The Morgan fingerprint density at radius 1 is 1.18 bits per heavy atom. The third-order valence-electron chi connectivity index (χ3n) is 7.36. The van der Waals surface area contributed by atoms with E-state index in [9.17, 15) is 18.0 Å². The number of pyridine rings is 1. The number of ether oxygens (including phenoxy) is 1. The molecule has 8 nitrogen and oxygen atoms in total. The van der Waals surface area contributed by atoms with Crippen LogP contribution in [0.2, 0.25) is 0 Å². The summed E-state index contributed by atoms with van der Waals surface area (Å²) < 4.78 is 44.1. The number of halogens is 3. The lowest BCUT2D eigenvalue weighted by molar-refractivity contribution is -0.158. The van der Waals surface area contributed by atoms with Crippen molar-refractivity contribution in [1.82, 2.24) is 19.7 Å². The molecule has 1 saturated heterocycles. The Morgan fingerprint density at radius 2 is 1.95 bits per heavy atom. The summed E-state index contributed by atoms with van der Waals surface area (Å²) in [6, 6.07) is 2.88. The van der Waals surface area contributed by atoms with Gasteiger partial charge in [-0.05, 0) is 56.4 Å². The van der Waals surface area contributed by atoms with Gasteiger partial charge in [-0.2, -0.15) is 18.3 Å². The number of dihydropyridines is 1. The zero-order valence-electron chi connectivity index (χ0n) is 22.5. The minimum atomic E-state index is -4.28. The monoisotopic (exact) mass is 544 g/mol. The highest BCUT2D eigenvalue weighted by Gasteiger charge is 2.38. The van der Waals surface area contributed by atoms with Gasteiger partial charge in [0.1, 0.15) is 5.84 Å². The molecule has 39 heavy (non-hydrogen) atoms. The number of hydrogen-bond acceptors (Lipinski definition) is 7. The minimum Gasteiger partial charge on any atom is -0.387 e. The molecule has 0 radical (unpaired) electrons. The van der Waals surface area contributed by atoms with Gasteiger partial charge in [0.2, 0.25) is 0 Å². The van der Waals surface area contributed by atoms with Gasteiger partial charge in [0, 0.05) is 39.4 Å². The standard InChI is InChI=1S/C17H25N3O.C11H10F3N3O/c1-13-11-15(18-2)12-19-17(13)14-3-7-20(8-4-14)16-5-9-21-10-6-16;1-7-8(6-18)4-16-17(7)10-3-2-9(5-15-10)11(12,13)14/h3,11-12,16,18H,4-10H2,1-2H3;2-4,6,9H,5H2,1H3. The molecule has 2 aromatic rings. The molecule has 5 heterocycles. The van der Waals surface area contributed by atoms with Crippen molar-refractivity contribution >= 4 is 23.4 Å². The van der Waals surface area contributed by atoms with Crippen LogP contribution in [0.1, 0.15) is 46.6 Å². The van der Waals surface area contributed by atoms with Crippen molar-refractivity contribution in [3.63, 3.8) is 0 Å². The molecule has 0 aromatic carbocycles. The van der Waals surface area contributed by atoms with Crippen molar-refractivity contribution in [2.24, 2.45) is 10.9 Å². The molecule has 3 aliphatic heterocycles. The molecule has 1 atom stereocenters. The van der Waals surface area contributed by atoms with Crippen molar-refractivity contribution < 1.29 is 22.7 Å². The molecule has 11 heteroatoms. The average molecular weight is 545 g/mol. The molecule has 3 aliphatic rings. The van der Waals surface area contributed by atoms with E-state index in [4.69, 9.17) is 4.74 Å². The Labute approximate surface area is 226 Å². The lowest BCUT2D eigenvalue weighted by Gasteiger charge is -2.36. The largest absolute Gasteiger partial charge is 0.396 e. The van der Waals surface area contributed by atoms with E-state index in [0.717, 1.165) is 44.5 Å². The molecule has 5 rings (SSSR count). The summed E-state index contributed by atoms with van der Waals surface area (Å²) in [6.45, 7) is 7.48. The number of anilines is 1. The Morgan fingerprint density at radius 3 is 2.49 bits per heavy atom. The lowest BCUT2D eigenvalue weighted by Crippen LogP contribution is -2.41. The number of allylic oxidation sites excluding steroid dienone is 1. The highest BCUT2D eigenvalue weighted by atomic mass is 19.4. The van der Waals surface area contributed by atoms with Gasteiger partial charge in [-0.1, -0.05) is 12.2 Å². The van der Waals surface area contributed by atoms with E-state index in [1.807, 2.05) is 13.2 Å². The van der Waals surface area contributed by atoms with Crippen molar-refractivity contribution in [2.45, 2.75) is 45.3 Å². The number of aliphatic imine (C=N–C) groups is 1. The van der Waals surface area contributed by atoms with Crippen LogP contribution in [0.25, 0.3) is 5.57 Å². The topological polar surface area (TPSA) is 84.6 Å². The van der Waals surface area contributed by atoms with Gasteiger partial charge in [0.25, 0.3) is 0 Å². The number of aromatic nitrogens is 3. The maximum absolute atomic E-state index is 12.4. The number of nitrogens with zero attached hydrogens (tertiary/aromatic N) is 5. The van der Waals surface area contributed by atoms with E-state index in [0.29, 0.717) is 29.4 Å². The summed E-state index contributed by atoms with van der Waals surface area (Å²) >= 11 is 0. The van der Waals surface area contributed by atoms with Gasteiger partial charge in [-0.15, -0.1) is 0 Å². The van der Waals surface area contributed by atoms with Gasteiger partial charge >= 0.3 is 6.18 Å². The van der Waals surface area contributed by atoms with Crippen molar-refractivity contribution in [3.05, 3.63) is 59.2 Å². The van der Waals surface area contributed by atoms with E-state index in [1.165, 1.54) is 46.6 Å². The molecule has 0 aliphatic carbocycles. The predicted molar refractivity (Wildman–Crippen MR) is 145 cm³/mol. The number of alkyl halides is 3. The van der Waals surface area contributed by atoms with Crippen LogP contribution >= 0.6 is 0 Å². The van der Waals surface area contributed by atoms with Gasteiger partial charge < -0.3 is 10.1 Å². The summed E-state index contributed by atoms with van der Waals surface area (Å²) in [5.41, 5.74) is 5.85. The maximum Gasteiger partial charge on any atom is 0.396 e. The third kappa shape index (κ3) is 7.02. The third-order valence-corrected chi connectivity index (χ3v) is 7.36. The highest BCUT2D eigenvalue weighted by molar-refractivity contribution is 5.96. The van der Waals surface area contributed by atoms with Crippen molar-refractivity contribution in [3.8, 4) is 0 Å². The molecule has 1 fully saturated rings. The lowest BCUT2D eigenvalue weighted by atomic mass is 9.98. The molecule has 0 saturated carbocycles. The fraction of sp³-hybridized carbons (Fsp3) is 0.500. The first-order valence-corrected chi connectivity index (χ1v) is 13.2. The number of aldehydes is 1. The second-order valence-corrected chi connectivity index (χ2v) is 9.88. The smallest absolute Gasteiger partial charge is 0.387 e. The molecule has 1 N–H and O–H groups in total. The molecular weight excluding hydrogens is 509 g/mol. The van der Waals surface area contributed by atoms with Crippen LogP contribution in [-0.2, 0) is 4.74 Å². The van der Waals surface area contributed by atoms with Gasteiger partial charge in [-0.3, -0.25) is 19.7 Å². The quantitative estimate of drug-likeness (QED) is 0.562. The Hall–Kier alpha value is -3.31. The van der Waals surface area contributed by atoms with Crippen LogP contribution in [0.3, 0.4) is 0 Å². The first kappa shape index (κ1) is 28.7. The SMILES string of the molecule is CNc1cnc(C2=CCN(C3CCOCC3)CC2)c(C)c1.Cc1c(C=O)cnn1C1=NCC(C(F)(F)F)C=C1. The number of aryl methyl sites for hydroxylation is 1. The van der Waals surface area contributed by atoms with Crippen molar-refractivity contribution in [2.75, 3.05) is 45.2 Å². The zero-order chi connectivity index (χ0) is 28.0. The van der Waals surface area contributed by atoms with Crippen LogP contribution < -0.4 is 5.32 Å². The van der Waals surface area contributed by atoms with Crippen LogP contribution in [0.4, 0.5) is 18.9 Å². The van der Waals surface area contributed by atoms with E-state index in [2.05, 4.69) is 44.4 Å². The second kappa shape index (κ2) is 12.7. The first-order valence-electron chi connectivity index (χ1n) is 13.2. The Balaban J connectivity index is 0.000000183.